The van der Waals surface area contributed by atoms with Crippen molar-refractivity contribution in [3.63, 3.8) is 0 Å². The van der Waals surface area contributed by atoms with E-state index in [0.29, 0.717) is 5.69 Å². The number of benzene rings is 2. The maximum atomic E-state index is 12.3. The van der Waals surface area contributed by atoms with E-state index in [4.69, 9.17) is 4.74 Å². The van der Waals surface area contributed by atoms with E-state index in [0.717, 1.165) is 20.2 Å². The van der Waals surface area contributed by atoms with Gasteiger partial charge in [0.05, 0.1) is 5.92 Å². The molecule has 6 nitrogen and oxygen atoms in total. The van der Waals surface area contributed by atoms with Crippen LogP contribution in [0.1, 0.15) is 12.0 Å². The van der Waals surface area contributed by atoms with Gasteiger partial charge in [0.15, 0.2) is 6.61 Å². The summed E-state index contributed by atoms with van der Waals surface area (Å²) < 4.78 is 6.95. The minimum Gasteiger partial charge on any atom is -0.455 e. The van der Waals surface area contributed by atoms with Crippen LogP contribution >= 0.6 is 31.9 Å². The van der Waals surface area contributed by atoms with Gasteiger partial charge in [0, 0.05) is 33.3 Å². The molecule has 1 heterocycles. The molecular formula is C20H18Br2N2O4. The molecule has 28 heavy (non-hydrogen) atoms. The molecule has 1 N–H and O–H groups in total. The summed E-state index contributed by atoms with van der Waals surface area (Å²) in [7, 11) is 0. The molecule has 0 saturated carbocycles. The molecule has 8 heteroatoms. The minimum absolute atomic E-state index is 0.0718. The van der Waals surface area contributed by atoms with Crippen LogP contribution in [0.4, 0.5) is 11.4 Å². The molecule has 0 aromatic heterocycles. The SMILES string of the molecule is Cc1cc(Br)ccc1NC(=O)COC(=O)[C@H]1CC(=O)N(c2ccc(Br)cc2)C1. The Labute approximate surface area is 179 Å². The Morgan fingerprint density at radius 1 is 1.14 bits per heavy atom. The number of amides is 2. The molecule has 146 valence electrons. The van der Waals surface area contributed by atoms with E-state index in [1.54, 1.807) is 11.0 Å². The average Bonchev–Trinajstić information content (AvgIpc) is 3.04. The molecule has 0 radical (unpaired) electrons. The number of ether oxygens (including phenoxy) is 1. The smallest absolute Gasteiger partial charge is 0.311 e. The molecule has 2 aromatic rings. The van der Waals surface area contributed by atoms with Crippen LogP contribution in [-0.2, 0) is 19.1 Å². The number of aryl methyl sites for hydroxylation is 1. The molecule has 2 amide bonds. The van der Waals surface area contributed by atoms with Crippen molar-refractivity contribution in [3.8, 4) is 0 Å². The number of rotatable bonds is 5. The van der Waals surface area contributed by atoms with E-state index in [1.165, 1.54) is 0 Å². The zero-order chi connectivity index (χ0) is 20.3. The fourth-order valence-electron chi connectivity index (χ4n) is 2.94. The molecule has 0 bridgehead atoms. The number of nitrogens with one attached hydrogen (secondary N) is 1. The molecular weight excluding hydrogens is 492 g/mol. The highest BCUT2D eigenvalue weighted by Crippen LogP contribution is 2.27. The van der Waals surface area contributed by atoms with Crippen LogP contribution in [0.3, 0.4) is 0 Å². The molecule has 1 atom stereocenters. The summed E-state index contributed by atoms with van der Waals surface area (Å²) in [6.07, 6.45) is 0.0718. The number of hydrogen-bond acceptors (Lipinski definition) is 4. The Bertz CT molecular complexity index is 915. The van der Waals surface area contributed by atoms with Gasteiger partial charge in [-0.1, -0.05) is 31.9 Å². The summed E-state index contributed by atoms with van der Waals surface area (Å²) in [5, 5.41) is 2.71. The summed E-state index contributed by atoms with van der Waals surface area (Å²) in [6.45, 7) is 1.72. The minimum atomic E-state index is -0.585. The average molecular weight is 510 g/mol. The van der Waals surface area contributed by atoms with Gasteiger partial charge in [0.25, 0.3) is 5.91 Å². The lowest BCUT2D eigenvalue weighted by atomic mass is 10.1. The van der Waals surface area contributed by atoms with Crippen LogP contribution in [0, 0.1) is 12.8 Å². The maximum absolute atomic E-state index is 12.3. The topological polar surface area (TPSA) is 75.7 Å². The summed E-state index contributed by atoms with van der Waals surface area (Å²) in [5.41, 5.74) is 2.27. The van der Waals surface area contributed by atoms with Crippen molar-refractivity contribution in [1.29, 1.82) is 0 Å². The second kappa shape index (κ2) is 8.87. The molecule has 0 spiro atoms. The number of carbonyl (C=O) groups is 3. The van der Waals surface area contributed by atoms with Crippen LogP contribution in [0.2, 0.25) is 0 Å². The first-order valence-corrected chi connectivity index (χ1v) is 10.2. The molecule has 1 saturated heterocycles. The van der Waals surface area contributed by atoms with Crippen LogP contribution in [0.25, 0.3) is 0 Å². The number of carbonyl (C=O) groups excluding carboxylic acids is 3. The van der Waals surface area contributed by atoms with Crippen molar-refractivity contribution in [3.05, 3.63) is 57.0 Å². The van der Waals surface area contributed by atoms with Gasteiger partial charge >= 0.3 is 5.97 Å². The van der Waals surface area contributed by atoms with E-state index in [2.05, 4.69) is 37.2 Å². The zero-order valence-electron chi connectivity index (χ0n) is 15.1. The summed E-state index contributed by atoms with van der Waals surface area (Å²) in [4.78, 5) is 38.2. The Balaban J connectivity index is 1.53. The Kier molecular flexibility index (Phi) is 6.51. The van der Waals surface area contributed by atoms with E-state index in [9.17, 15) is 14.4 Å². The fourth-order valence-corrected chi connectivity index (χ4v) is 3.68. The van der Waals surface area contributed by atoms with Gasteiger partial charge in [-0.2, -0.15) is 0 Å². The zero-order valence-corrected chi connectivity index (χ0v) is 18.2. The predicted molar refractivity (Wildman–Crippen MR) is 113 cm³/mol. The lowest BCUT2D eigenvalue weighted by Crippen LogP contribution is -2.28. The van der Waals surface area contributed by atoms with Crippen molar-refractivity contribution in [2.24, 2.45) is 5.92 Å². The van der Waals surface area contributed by atoms with Crippen LogP contribution in [0.15, 0.2) is 51.4 Å². The highest BCUT2D eigenvalue weighted by Gasteiger charge is 2.36. The summed E-state index contributed by atoms with van der Waals surface area (Å²) in [6, 6.07) is 12.8. The van der Waals surface area contributed by atoms with Gasteiger partial charge in [0.1, 0.15) is 0 Å². The largest absolute Gasteiger partial charge is 0.455 e. The Morgan fingerprint density at radius 3 is 2.50 bits per heavy atom. The normalized spacial score (nSPS) is 16.2. The molecule has 2 aromatic carbocycles. The number of anilines is 2. The lowest BCUT2D eigenvalue weighted by molar-refractivity contribution is -0.151. The molecule has 1 aliphatic rings. The summed E-state index contributed by atoms with van der Waals surface area (Å²) >= 11 is 6.72. The van der Waals surface area contributed by atoms with Crippen LogP contribution in [0.5, 0.6) is 0 Å². The molecule has 1 aliphatic heterocycles. The molecule has 1 fully saturated rings. The first-order chi connectivity index (χ1) is 13.3. The molecule has 3 rings (SSSR count). The van der Waals surface area contributed by atoms with E-state index < -0.39 is 24.4 Å². The van der Waals surface area contributed by atoms with Crippen LogP contribution in [-0.4, -0.2) is 30.9 Å². The predicted octanol–water partition coefficient (Wildman–Crippen LogP) is 4.05. The van der Waals surface area contributed by atoms with Gasteiger partial charge in [-0.25, -0.2) is 0 Å². The van der Waals surface area contributed by atoms with Gasteiger partial charge in [-0.15, -0.1) is 0 Å². The van der Waals surface area contributed by atoms with Crippen molar-refractivity contribution in [2.75, 3.05) is 23.4 Å². The van der Waals surface area contributed by atoms with Crippen molar-refractivity contribution < 1.29 is 19.1 Å². The number of esters is 1. The van der Waals surface area contributed by atoms with Gasteiger partial charge < -0.3 is 15.0 Å². The van der Waals surface area contributed by atoms with Gasteiger partial charge in [-0.3, -0.25) is 14.4 Å². The molecule has 0 unspecified atom stereocenters. The highest BCUT2D eigenvalue weighted by molar-refractivity contribution is 9.10. The van der Waals surface area contributed by atoms with Crippen molar-refractivity contribution in [1.82, 2.24) is 0 Å². The highest BCUT2D eigenvalue weighted by atomic mass is 79.9. The second-order valence-corrected chi connectivity index (χ2v) is 8.33. The van der Waals surface area contributed by atoms with Gasteiger partial charge in [0.2, 0.25) is 5.91 Å². The summed E-state index contributed by atoms with van der Waals surface area (Å²) in [5.74, 6) is -1.69. The monoisotopic (exact) mass is 508 g/mol. The third kappa shape index (κ3) is 4.99. The molecule has 0 aliphatic carbocycles. The standard InChI is InChI=1S/C20H18Br2N2O4/c1-12-8-15(22)4-7-17(12)23-18(25)11-28-20(27)13-9-19(26)24(10-13)16-5-2-14(21)3-6-16/h2-8,13H,9-11H2,1H3,(H,23,25)/t13-/m0/s1. The number of nitrogens with zero attached hydrogens (tertiary/aromatic N) is 1. The van der Waals surface area contributed by atoms with Crippen LogP contribution < -0.4 is 10.2 Å². The first-order valence-electron chi connectivity index (χ1n) is 8.62. The Morgan fingerprint density at radius 2 is 1.82 bits per heavy atom. The van der Waals surface area contributed by atoms with E-state index in [-0.39, 0.29) is 18.9 Å². The number of halogens is 2. The fraction of sp³-hybridized carbons (Fsp3) is 0.250. The quantitative estimate of drug-likeness (QED) is 0.617. The lowest BCUT2D eigenvalue weighted by Gasteiger charge is -2.16. The van der Waals surface area contributed by atoms with Gasteiger partial charge in [-0.05, 0) is 55.0 Å². The maximum Gasteiger partial charge on any atom is 0.311 e. The second-order valence-electron chi connectivity index (χ2n) is 6.50. The number of hydrogen-bond donors (Lipinski definition) is 1. The van der Waals surface area contributed by atoms with E-state index in [1.807, 2.05) is 43.3 Å². The third-order valence-electron chi connectivity index (χ3n) is 4.40. The van der Waals surface area contributed by atoms with Crippen molar-refractivity contribution in [2.45, 2.75) is 13.3 Å². The van der Waals surface area contributed by atoms with Crippen molar-refractivity contribution >= 4 is 61.0 Å². The Hall–Kier alpha value is -2.19. The first kappa shape index (κ1) is 20.5. The third-order valence-corrected chi connectivity index (χ3v) is 5.43. The van der Waals surface area contributed by atoms with E-state index >= 15 is 0 Å².